The molecule has 0 saturated heterocycles. The standard InChI is InChI=1S/C10H9Cl2F2NO2/c1-2-17-10(16)8-6(9(13)14)7(12)5(3-11)4-15-8/h4,9H,2-3H2,1H3. The van der Waals surface area contributed by atoms with Gasteiger partial charge in [-0.3, -0.25) is 0 Å². The number of esters is 1. The molecule has 0 N–H and O–H groups in total. The first kappa shape index (κ1) is 14.1. The second-order valence-electron chi connectivity index (χ2n) is 3.01. The van der Waals surface area contributed by atoms with Gasteiger partial charge in [0.25, 0.3) is 6.43 Å². The highest BCUT2D eigenvalue weighted by Gasteiger charge is 2.25. The lowest BCUT2D eigenvalue weighted by atomic mass is 10.1. The summed E-state index contributed by atoms with van der Waals surface area (Å²) in [4.78, 5) is 15.0. The lowest BCUT2D eigenvalue weighted by Gasteiger charge is -2.11. The van der Waals surface area contributed by atoms with Gasteiger partial charge in [-0.25, -0.2) is 18.6 Å². The van der Waals surface area contributed by atoms with Crippen LogP contribution in [0.5, 0.6) is 0 Å². The molecule has 0 bridgehead atoms. The lowest BCUT2D eigenvalue weighted by Crippen LogP contribution is -2.12. The van der Waals surface area contributed by atoms with Gasteiger partial charge in [0.2, 0.25) is 0 Å². The minimum absolute atomic E-state index is 0.0609. The van der Waals surface area contributed by atoms with Gasteiger partial charge in [0, 0.05) is 11.8 Å². The molecule has 7 heteroatoms. The highest BCUT2D eigenvalue weighted by molar-refractivity contribution is 6.33. The number of halogens is 4. The van der Waals surface area contributed by atoms with Gasteiger partial charge in [-0.2, -0.15) is 0 Å². The number of carbonyl (C=O) groups excluding carboxylic acids is 1. The van der Waals surface area contributed by atoms with Gasteiger partial charge in [0.05, 0.1) is 23.1 Å². The van der Waals surface area contributed by atoms with Crippen molar-refractivity contribution < 1.29 is 18.3 Å². The smallest absolute Gasteiger partial charge is 0.357 e. The normalized spacial score (nSPS) is 10.7. The van der Waals surface area contributed by atoms with Crippen molar-refractivity contribution in [3.63, 3.8) is 0 Å². The minimum atomic E-state index is -2.92. The number of carbonyl (C=O) groups is 1. The van der Waals surface area contributed by atoms with Crippen LogP contribution in [0.15, 0.2) is 6.20 Å². The van der Waals surface area contributed by atoms with Gasteiger partial charge in [0.1, 0.15) is 0 Å². The van der Waals surface area contributed by atoms with Crippen LogP contribution in [0.1, 0.15) is 35.0 Å². The summed E-state index contributed by atoms with van der Waals surface area (Å²) in [7, 11) is 0. The van der Waals surface area contributed by atoms with E-state index in [-0.39, 0.29) is 23.1 Å². The summed E-state index contributed by atoms with van der Waals surface area (Å²) in [5.74, 6) is -0.986. The molecular weight excluding hydrogens is 275 g/mol. The van der Waals surface area contributed by atoms with E-state index < -0.39 is 23.7 Å². The average Bonchev–Trinajstić information content (AvgIpc) is 2.28. The van der Waals surface area contributed by atoms with E-state index in [1.54, 1.807) is 6.92 Å². The van der Waals surface area contributed by atoms with Crippen molar-refractivity contribution in [3.8, 4) is 0 Å². The number of nitrogens with zero attached hydrogens (tertiary/aromatic N) is 1. The van der Waals surface area contributed by atoms with Gasteiger partial charge in [-0.15, -0.1) is 11.6 Å². The molecule has 0 aromatic carbocycles. The molecule has 0 amide bonds. The third kappa shape index (κ3) is 3.04. The van der Waals surface area contributed by atoms with E-state index in [4.69, 9.17) is 23.2 Å². The molecule has 1 heterocycles. The first-order valence-electron chi connectivity index (χ1n) is 4.71. The summed E-state index contributed by atoms with van der Waals surface area (Å²) in [5, 5.41) is -0.243. The summed E-state index contributed by atoms with van der Waals surface area (Å²) >= 11 is 11.3. The molecule has 0 aliphatic heterocycles. The molecule has 0 fully saturated rings. The molecule has 94 valence electrons. The van der Waals surface area contributed by atoms with Crippen LogP contribution in [-0.2, 0) is 10.6 Å². The van der Waals surface area contributed by atoms with Crippen molar-refractivity contribution in [2.45, 2.75) is 19.2 Å². The number of rotatable bonds is 4. The summed E-state index contributed by atoms with van der Waals surface area (Å²) in [5.41, 5.74) is -0.860. The van der Waals surface area contributed by atoms with Gasteiger partial charge in [0.15, 0.2) is 5.69 Å². The molecule has 0 saturated carbocycles. The summed E-state index contributed by atoms with van der Waals surface area (Å²) in [6.07, 6.45) is -1.73. The number of hydrogen-bond donors (Lipinski definition) is 0. The van der Waals surface area contributed by atoms with Crippen LogP contribution in [0.25, 0.3) is 0 Å². The van der Waals surface area contributed by atoms with Crippen LogP contribution in [0, 0.1) is 0 Å². The zero-order valence-electron chi connectivity index (χ0n) is 8.84. The van der Waals surface area contributed by atoms with Crippen LogP contribution in [-0.4, -0.2) is 17.6 Å². The highest BCUT2D eigenvalue weighted by atomic mass is 35.5. The van der Waals surface area contributed by atoms with E-state index in [1.807, 2.05) is 0 Å². The second kappa shape index (κ2) is 6.12. The fraction of sp³-hybridized carbons (Fsp3) is 0.400. The minimum Gasteiger partial charge on any atom is -0.461 e. The fourth-order valence-corrected chi connectivity index (χ4v) is 1.76. The van der Waals surface area contributed by atoms with E-state index in [2.05, 4.69) is 9.72 Å². The maximum Gasteiger partial charge on any atom is 0.357 e. The number of pyridine rings is 1. The summed E-state index contributed by atoms with van der Waals surface area (Å²) < 4.78 is 30.3. The third-order valence-corrected chi connectivity index (χ3v) is 2.69. The average molecular weight is 284 g/mol. The van der Waals surface area contributed by atoms with E-state index >= 15 is 0 Å². The highest BCUT2D eigenvalue weighted by Crippen LogP contribution is 2.32. The molecule has 0 aliphatic rings. The zero-order chi connectivity index (χ0) is 13.0. The Bertz CT molecular complexity index is 427. The Hall–Kier alpha value is -0.940. The second-order valence-corrected chi connectivity index (χ2v) is 3.66. The molecule has 0 radical (unpaired) electrons. The Kier molecular flexibility index (Phi) is 5.08. The lowest BCUT2D eigenvalue weighted by molar-refractivity contribution is 0.0507. The number of ether oxygens (including phenoxy) is 1. The van der Waals surface area contributed by atoms with Crippen molar-refractivity contribution in [1.29, 1.82) is 0 Å². The predicted molar refractivity (Wildman–Crippen MR) is 59.7 cm³/mol. The molecule has 1 aromatic heterocycles. The Balaban J connectivity index is 3.31. The first-order valence-corrected chi connectivity index (χ1v) is 5.62. The van der Waals surface area contributed by atoms with Crippen LogP contribution in [0.4, 0.5) is 8.78 Å². The topological polar surface area (TPSA) is 39.2 Å². The molecule has 1 aromatic rings. The van der Waals surface area contributed by atoms with Crippen LogP contribution >= 0.6 is 23.2 Å². The van der Waals surface area contributed by atoms with Crippen LogP contribution in [0.2, 0.25) is 5.02 Å². The van der Waals surface area contributed by atoms with Crippen molar-refractivity contribution in [1.82, 2.24) is 4.98 Å². The maximum atomic E-state index is 12.8. The van der Waals surface area contributed by atoms with Gasteiger partial charge in [-0.05, 0) is 6.92 Å². The molecule has 3 nitrogen and oxygen atoms in total. The molecule has 0 atom stereocenters. The number of alkyl halides is 3. The third-order valence-electron chi connectivity index (χ3n) is 1.95. The van der Waals surface area contributed by atoms with Crippen molar-refractivity contribution >= 4 is 29.2 Å². The SMILES string of the molecule is CCOC(=O)c1ncc(CCl)c(Cl)c1C(F)F. The Labute approximate surface area is 107 Å². The van der Waals surface area contributed by atoms with E-state index in [0.29, 0.717) is 0 Å². The Morgan fingerprint density at radius 3 is 2.71 bits per heavy atom. The van der Waals surface area contributed by atoms with Crippen molar-refractivity contribution in [2.24, 2.45) is 0 Å². The molecule has 17 heavy (non-hydrogen) atoms. The van der Waals surface area contributed by atoms with Gasteiger partial charge in [-0.1, -0.05) is 11.6 Å². The summed E-state index contributed by atoms with van der Waals surface area (Å²) in [6.45, 7) is 1.63. The van der Waals surface area contributed by atoms with Crippen LogP contribution < -0.4 is 0 Å². The fourth-order valence-electron chi connectivity index (χ4n) is 1.20. The van der Waals surface area contributed by atoms with Gasteiger partial charge >= 0.3 is 5.97 Å². The zero-order valence-corrected chi connectivity index (χ0v) is 10.4. The largest absolute Gasteiger partial charge is 0.461 e. The first-order chi connectivity index (χ1) is 8.02. The molecule has 0 unspecified atom stereocenters. The van der Waals surface area contributed by atoms with E-state index in [0.717, 1.165) is 0 Å². The monoisotopic (exact) mass is 283 g/mol. The van der Waals surface area contributed by atoms with Crippen LogP contribution in [0.3, 0.4) is 0 Å². The molecule has 0 aliphatic carbocycles. The Morgan fingerprint density at radius 1 is 1.59 bits per heavy atom. The maximum absolute atomic E-state index is 12.8. The van der Waals surface area contributed by atoms with E-state index in [1.165, 1.54) is 6.20 Å². The predicted octanol–water partition coefficient (Wildman–Crippen LogP) is 3.59. The Morgan fingerprint density at radius 2 is 2.24 bits per heavy atom. The van der Waals surface area contributed by atoms with Crippen molar-refractivity contribution in [2.75, 3.05) is 6.61 Å². The van der Waals surface area contributed by atoms with Crippen molar-refractivity contribution in [3.05, 3.63) is 28.0 Å². The molecular formula is C10H9Cl2F2NO2. The number of aromatic nitrogens is 1. The van der Waals surface area contributed by atoms with E-state index in [9.17, 15) is 13.6 Å². The summed E-state index contributed by atoms with van der Waals surface area (Å²) in [6, 6.07) is 0. The molecule has 0 spiro atoms. The number of hydrogen-bond acceptors (Lipinski definition) is 3. The quantitative estimate of drug-likeness (QED) is 0.626. The van der Waals surface area contributed by atoms with Gasteiger partial charge < -0.3 is 4.74 Å². The molecule has 1 rings (SSSR count).